The first kappa shape index (κ1) is 12.8. The minimum absolute atomic E-state index is 0.343. The predicted octanol–water partition coefficient (Wildman–Crippen LogP) is 0.963. The van der Waals surface area contributed by atoms with E-state index in [1.165, 1.54) is 4.88 Å². The molecule has 0 radical (unpaired) electrons. The van der Waals surface area contributed by atoms with Crippen LogP contribution >= 0.6 is 11.3 Å². The summed E-state index contributed by atoms with van der Waals surface area (Å²) in [5, 5.41) is 0.645. The molecule has 0 aromatic carbocycles. The Morgan fingerprint density at radius 1 is 1.59 bits per heavy atom. The van der Waals surface area contributed by atoms with Crippen LogP contribution in [0.2, 0.25) is 0 Å². The van der Waals surface area contributed by atoms with Crippen LogP contribution in [0.5, 0.6) is 0 Å². The summed E-state index contributed by atoms with van der Waals surface area (Å²) in [6.45, 7) is 4.35. The van der Waals surface area contributed by atoms with Crippen molar-refractivity contribution in [2.24, 2.45) is 0 Å². The lowest BCUT2D eigenvalue weighted by molar-refractivity contribution is 0.0219. The van der Waals surface area contributed by atoms with Crippen LogP contribution < -0.4 is 5.73 Å². The molecule has 96 valence electrons. The highest BCUT2D eigenvalue weighted by atomic mass is 32.1. The summed E-state index contributed by atoms with van der Waals surface area (Å²) in [4.78, 5) is 7.66. The number of anilines is 1. The molecular formula is C11H19N3O2S. The number of thiazole rings is 1. The van der Waals surface area contributed by atoms with E-state index in [2.05, 4.69) is 9.88 Å². The lowest BCUT2D eigenvalue weighted by Gasteiger charge is -2.14. The molecule has 17 heavy (non-hydrogen) atoms. The van der Waals surface area contributed by atoms with E-state index in [0.717, 1.165) is 26.1 Å². The Morgan fingerprint density at radius 3 is 3.18 bits per heavy atom. The Hall–Kier alpha value is -0.690. The van der Waals surface area contributed by atoms with Crippen LogP contribution in [0.1, 0.15) is 11.3 Å². The van der Waals surface area contributed by atoms with E-state index in [1.807, 2.05) is 6.20 Å². The van der Waals surface area contributed by atoms with Gasteiger partial charge in [0.25, 0.3) is 0 Å². The summed E-state index contributed by atoms with van der Waals surface area (Å²) in [6, 6.07) is 0. The summed E-state index contributed by atoms with van der Waals surface area (Å²) in [5.41, 5.74) is 5.61. The molecule has 1 unspecified atom stereocenters. The van der Waals surface area contributed by atoms with Gasteiger partial charge in [0.2, 0.25) is 0 Å². The first-order valence-electron chi connectivity index (χ1n) is 5.81. The van der Waals surface area contributed by atoms with Crippen LogP contribution in [0.4, 0.5) is 5.13 Å². The van der Waals surface area contributed by atoms with Gasteiger partial charge in [0.1, 0.15) is 0 Å². The fourth-order valence-corrected chi connectivity index (χ4v) is 2.72. The van der Waals surface area contributed by atoms with Gasteiger partial charge in [0.15, 0.2) is 5.13 Å². The number of rotatable bonds is 6. The van der Waals surface area contributed by atoms with Gasteiger partial charge in [-0.15, -0.1) is 11.3 Å². The molecule has 1 atom stereocenters. The van der Waals surface area contributed by atoms with Crippen molar-refractivity contribution in [1.29, 1.82) is 0 Å². The summed E-state index contributed by atoms with van der Waals surface area (Å²) in [5.74, 6) is 0. The van der Waals surface area contributed by atoms with Crippen molar-refractivity contribution in [2.45, 2.75) is 19.1 Å². The summed E-state index contributed by atoms with van der Waals surface area (Å²) >= 11 is 1.56. The van der Waals surface area contributed by atoms with E-state index >= 15 is 0 Å². The SMILES string of the molecule is COCCOC1CCN(Cc2cnc(N)s2)C1. The van der Waals surface area contributed by atoms with Crippen LogP contribution in [-0.4, -0.2) is 49.4 Å². The second-order valence-corrected chi connectivity index (χ2v) is 5.32. The Labute approximate surface area is 106 Å². The minimum Gasteiger partial charge on any atom is -0.382 e. The molecule has 6 heteroatoms. The van der Waals surface area contributed by atoms with E-state index in [1.54, 1.807) is 18.4 Å². The summed E-state index contributed by atoms with van der Waals surface area (Å²) < 4.78 is 10.7. The maximum absolute atomic E-state index is 5.71. The molecule has 1 aromatic rings. The fourth-order valence-electron chi connectivity index (χ4n) is 1.99. The number of aromatic nitrogens is 1. The monoisotopic (exact) mass is 257 g/mol. The summed E-state index contributed by atoms with van der Waals surface area (Å²) in [6.07, 6.45) is 3.30. The Morgan fingerprint density at radius 2 is 2.47 bits per heavy atom. The van der Waals surface area contributed by atoms with Crippen LogP contribution in [0.3, 0.4) is 0 Å². The Kier molecular flexibility index (Phi) is 4.73. The molecule has 2 rings (SSSR count). The number of hydrogen-bond donors (Lipinski definition) is 1. The molecule has 1 saturated heterocycles. The van der Waals surface area contributed by atoms with Gasteiger partial charge in [0.05, 0.1) is 19.3 Å². The standard InChI is InChI=1S/C11H19N3O2S/c1-15-4-5-16-9-2-3-14(7-9)8-10-6-13-11(12)17-10/h6,9H,2-5,7-8H2,1H3,(H2,12,13). The van der Waals surface area contributed by atoms with Crippen LogP contribution in [0.15, 0.2) is 6.20 Å². The van der Waals surface area contributed by atoms with E-state index in [0.29, 0.717) is 24.4 Å². The highest BCUT2D eigenvalue weighted by Crippen LogP contribution is 2.20. The van der Waals surface area contributed by atoms with E-state index in [4.69, 9.17) is 15.2 Å². The van der Waals surface area contributed by atoms with Crippen molar-refractivity contribution in [1.82, 2.24) is 9.88 Å². The molecule has 0 bridgehead atoms. The van der Waals surface area contributed by atoms with Crippen LogP contribution in [0, 0.1) is 0 Å². The third-order valence-electron chi connectivity index (χ3n) is 2.82. The second kappa shape index (κ2) is 6.30. The highest BCUT2D eigenvalue weighted by Gasteiger charge is 2.23. The quantitative estimate of drug-likeness (QED) is 0.769. The summed E-state index contributed by atoms with van der Waals surface area (Å²) in [7, 11) is 1.69. The van der Waals surface area contributed by atoms with E-state index in [-0.39, 0.29) is 0 Å². The normalized spacial score (nSPS) is 21.1. The van der Waals surface area contributed by atoms with Gasteiger partial charge < -0.3 is 15.2 Å². The number of nitrogen functional groups attached to an aromatic ring is 1. The maximum atomic E-state index is 5.71. The minimum atomic E-state index is 0.343. The maximum Gasteiger partial charge on any atom is 0.180 e. The first-order chi connectivity index (χ1) is 8.28. The number of methoxy groups -OCH3 is 1. The molecule has 0 amide bonds. The topological polar surface area (TPSA) is 60.6 Å². The number of likely N-dealkylation sites (tertiary alicyclic amines) is 1. The average molecular weight is 257 g/mol. The molecule has 5 nitrogen and oxygen atoms in total. The third kappa shape index (κ3) is 3.92. The van der Waals surface area contributed by atoms with Gasteiger partial charge in [-0.2, -0.15) is 0 Å². The van der Waals surface area contributed by atoms with Gasteiger partial charge in [-0.1, -0.05) is 0 Å². The molecule has 1 fully saturated rings. The third-order valence-corrected chi connectivity index (χ3v) is 3.63. The first-order valence-corrected chi connectivity index (χ1v) is 6.62. The van der Waals surface area contributed by atoms with E-state index in [9.17, 15) is 0 Å². The number of nitrogens with zero attached hydrogens (tertiary/aromatic N) is 2. The van der Waals surface area contributed by atoms with Crippen molar-refractivity contribution in [3.8, 4) is 0 Å². The van der Waals surface area contributed by atoms with Gasteiger partial charge in [0, 0.05) is 37.8 Å². The molecule has 0 saturated carbocycles. The molecule has 1 aliphatic heterocycles. The second-order valence-electron chi connectivity index (χ2n) is 4.17. The van der Waals surface area contributed by atoms with Crippen molar-refractivity contribution < 1.29 is 9.47 Å². The number of nitrogens with two attached hydrogens (primary N) is 1. The Bertz CT molecular complexity index is 345. The Balaban J connectivity index is 1.70. The molecular weight excluding hydrogens is 238 g/mol. The zero-order valence-electron chi connectivity index (χ0n) is 10.1. The van der Waals surface area contributed by atoms with Gasteiger partial charge >= 0.3 is 0 Å². The van der Waals surface area contributed by atoms with Crippen molar-refractivity contribution in [3.05, 3.63) is 11.1 Å². The van der Waals surface area contributed by atoms with Gasteiger partial charge in [-0.3, -0.25) is 4.90 Å². The lowest BCUT2D eigenvalue weighted by Crippen LogP contribution is -2.23. The van der Waals surface area contributed by atoms with Crippen LogP contribution in [-0.2, 0) is 16.0 Å². The predicted molar refractivity (Wildman–Crippen MR) is 68.0 cm³/mol. The molecule has 1 aliphatic rings. The van der Waals surface area contributed by atoms with Crippen molar-refractivity contribution >= 4 is 16.5 Å². The fraction of sp³-hybridized carbons (Fsp3) is 0.727. The van der Waals surface area contributed by atoms with Gasteiger partial charge in [-0.05, 0) is 6.42 Å². The van der Waals surface area contributed by atoms with Crippen molar-refractivity contribution in [2.75, 3.05) is 39.1 Å². The largest absolute Gasteiger partial charge is 0.382 e. The molecule has 2 heterocycles. The molecule has 2 N–H and O–H groups in total. The number of ether oxygens (including phenoxy) is 2. The zero-order chi connectivity index (χ0) is 12.1. The van der Waals surface area contributed by atoms with Crippen molar-refractivity contribution in [3.63, 3.8) is 0 Å². The number of hydrogen-bond acceptors (Lipinski definition) is 6. The zero-order valence-corrected chi connectivity index (χ0v) is 10.9. The van der Waals surface area contributed by atoms with E-state index < -0.39 is 0 Å². The molecule has 0 aliphatic carbocycles. The smallest absolute Gasteiger partial charge is 0.180 e. The van der Waals surface area contributed by atoms with Crippen LogP contribution in [0.25, 0.3) is 0 Å². The van der Waals surface area contributed by atoms with Gasteiger partial charge in [-0.25, -0.2) is 4.98 Å². The molecule has 0 spiro atoms. The average Bonchev–Trinajstić information content (AvgIpc) is 2.90. The molecule has 1 aromatic heterocycles. The highest BCUT2D eigenvalue weighted by molar-refractivity contribution is 7.15. The lowest BCUT2D eigenvalue weighted by atomic mass is 10.3.